The summed E-state index contributed by atoms with van der Waals surface area (Å²) in [6, 6.07) is 0. The van der Waals surface area contributed by atoms with Gasteiger partial charge in [0.05, 0.1) is 11.2 Å². The summed E-state index contributed by atoms with van der Waals surface area (Å²) in [5.74, 6) is 3.07. The lowest BCUT2D eigenvalue weighted by molar-refractivity contribution is -0.231. The number of esters is 1. The molecule has 4 fully saturated rings. The van der Waals surface area contributed by atoms with Gasteiger partial charge in [-0.15, -0.1) is 0 Å². The average Bonchev–Trinajstić information content (AvgIpc) is 3.29. The van der Waals surface area contributed by atoms with E-state index in [-0.39, 0.29) is 28.7 Å². The molecular weight excluding hydrogens is 444 g/mol. The SMILES string of the molecule is CC(=O)O[C@H]1CC[C@]2(C)[C@H]3CC[C@@H]4[C@@H]([C@]5(C)C=C[C@](C)(C(C)C)O5)CC[C@@]4(C)[C@]3(C)CC[C@H]2C1(C)C. The summed E-state index contributed by atoms with van der Waals surface area (Å²) in [7, 11) is 0. The molecule has 0 spiro atoms. The van der Waals surface area contributed by atoms with Gasteiger partial charge in [0.2, 0.25) is 0 Å². The van der Waals surface area contributed by atoms with Crippen molar-refractivity contribution in [3.05, 3.63) is 12.2 Å². The van der Waals surface area contributed by atoms with Gasteiger partial charge in [-0.1, -0.05) is 60.6 Å². The molecule has 0 radical (unpaired) electrons. The van der Waals surface area contributed by atoms with Crippen LogP contribution in [0.3, 0.4) is 0 Å². The number of hydrogen-bond acceptors (Lipinski definition) is 3. The first-order chi connectivity index (χ1) is 16.5. The minimum absolute atomic E-state index is 0.0349. The van der Waals surface area contributed by atoms with Crippen LogP contribution in [-0.4, -0.2) is 23.3 Å². The van der Waals surface area contributed by atoms with E-state index in [9.17, 15) is 4.79 Å². The van der Waals surface area contributed by atoms with Crippen LogP contribution in [0.25, 0.3) is 0 Å². The van der Waals surface area contributed by atoms with E-state index in [1.165, 1.54) is 44.9 Å². The molecule has 1 aliphatic heterocycles. The fourth-order valence-electron chi connectivity index (χ4n) is 11.2. The molecule has 0 saturated heterocycles. The summed E-state index contributed by atoms with van der Waals surface area (Å²) in [6.07, 6.45) is 15.0. The zero-order valence-electron chi connectivity index (χ0n) is 25.0. The number of hydrogen-bond donors (Lipinski definition) is 0. The van der Waals surface area contributed by atoms with E-state index in [0.29, 0.717) is 34.0 Å². The molecule has 10 atom stereocenters. The van der Waals surface area contributed by atoms with Crippen molar-refractivity contribution in [2.24, 2.45) is 51.2 Å². The maximum Gasteiger partial charge on any atom is 0.302 e. The van der Waals surface area contributed by atoms with Crippen LogP contribution in [0.15, 0.2) is 12.2 Å². The first-order valence-corrected chi connectivity index (χ1v) is 15.1. The maximum atomic E-state index is 11.9. The molecule has 204 valence electrons. The van der Waals surface area contributed by atoms with E-state index >= 15 is 0 Å². The third-order valence-electron chi connectivity index (χ3n) is 13.7. The smallest absolute Gasteiger partial charge is 0.302 e. The minimum atomic E-state index is -0.146. The molecule has 1 heterocycles. The van der Waals surface area contributed by atoms with Crippen LogP contribution >= 0.6 is 0 Å². The summed E-state index contributed by atoms with van der Waals surface area (Å²) in [4.78, 5) is 11.9. The Labute approximate surface area is 221 Å². The number of carbonyl (C=O) groups excluding carboxylic acids is 1. The van der Waals surface area contributed by atoms with Crippen molar-refractivity contribution < 1.29 is 14.3 Å². The fraction of sp³-hybridized carbons (Fsp3) is 0.909. The quantitative estimate of drug-likeness (QED) is 0.290. The normalized spacial score (nSPS) is 53.6. The Hall–Kier alpha value is -0.830. The lowest BCUT2D eigenvalue weighted by atomic mass is 9.35. The predicted octanol–water partition coefficient (Wildman–Crippen LogP) is 8.36. The van der Waals surface area contributed by atoms with Crippen molar-refractivity contribution in [3.8, 4) is 0 Å². The number of carbonyl (C=O) groups is 1. The summed E-state index contributed by atoms with van der Waals surface area (Å²) in [6.45, 7) is 23.6. The number of fused-ring (bicyclic) bond motifs is 5. The molecule has 5 rings (SSSR count). The molecule has 36 heavy (non-hydrogen) atoms. The van der Waals surface area contributed by atoms with Gasteiger partial charge in [0, 0.05) is 12.3 Å². The second-order valence-electron chi connectivity index (χ2n) is 15.7. The molecule has 4 aliphatic carbocycles. The Morgan fingerprint density at radius 1 is 0.806 bits per heavy atom. The van der Waals surface area contributed by atoms with E-state index in [4.69, 9.17) is 9.47 Å². The molecule has 3 nitrogen and oxygen atoms in total. The van der Waals surface area contributed by atoms with Crippen LogP contribution in [0.1, 0.15) is 121 Å². The first kappa shape index (κ1) is 26.8. The van der Waals surface area contributed by atoms with E-state index < -0.39 is 0 Å². The Morgan fingerprint density at radius 3 is 2.08 bits per heavy atom. The van der Waals surface area contributed by atoms with Crippen LogP contribution in [0.2, 0.25) is 0 Å². The van der Waals surface area contributed by atoms with Crippen LogP contribution < -0.4 is 0 Å². The van der Waals surface area contributed by atoms with Crippen molar-refractivity contribution in [2.45, 2.75) is 138 Å². The van der Waals surface area contributed by atoms with Crippen molar-refractivity contribution in [2.75, 3.05) is 0 Å². The molecule has 5 aliphatic rings. The maximum absolute atomic E-state index is 11.9. The first-order valence-electron chi connectivity index (χ1n) is 15.1. The minimum Gasteiger partial charge on any atom is -0.462 e. The van der Waals surface area contributed by atoms with Crippen molar-refractivity contribution in [1.29, 1.82) is 0 Å². The van der Waals surface area contributed by atoms with E-state index in [0.717, 1.165) is 18.3 Å². The molecule has 4 saturated carbocycles. The Morgan fingerprint density at radius 2 is 1.47 bits per heavy atom. The van der Waals surface area contributed by atoms with Crippen LogP contribution in [0, 0.1) is 51.2 Å². The number of rotatable bonds is 3. The largest absolute Gasteiger partial charge is 0.462 e. The topological polar surface area (TPSA) is 35.5 Å². The van der Waals surface area contributed by atoms with Gasteiger partial charge in [-0.2, -0.15) is 0 Å². The Balaban J connectivity index is 1.43. The van der Waals surface area contributed by atoms with Gasteiger partial charge in [-0.3, -0.25) is 4.79 Å². The monoisotopic (exact) mass is 498 g/mol. The van der Waals surface area contributed by atoms with Gasteiger partial charge < -0.3 is 9.47 Å². The Bertz CT molecular complexity index is 935. The third-order valence-corrected chi connectivity index (χ3v) is 13.7. The lowest BCUT2D eigenvalue weighted by Gasteiger charge is -2.70. The van der Waals surface area contributed by atoms with Crippen LogP contribution in [0.5, 0.6) is 0 Å². The molecule has 0 aromatic rings. The molecule has 3 heteroatoms. The highest BCUT2D eigenvalue weighted by molar-refractivity contribution is 5.66. The highest BCUT2D eigenvalue weighted by atomic mass is 16.5. The Kier molecular flexibility index (Phi) is 6.01. The second-order valence-corrected chi connectivity index (χ2v) is 15.7. The van der Waals surface area contributed by atoms with Gasteiger partial charge in [0.25, 0.3) is 0 Å². The van der Waals surface area contributed by atoms with Gasteiger partial charge in [0.15, 0.2) is 0 Å². The standard InChI is InChI=1S/C33H54O3/c1-21(2)32(9)19-20-33(10,36-32)24-13-17-30(7)23(24)11-12-26-29(6)16-15-27(35-22(3)34)28(4,5)25(29)14-18-31(26,30)8/h19-21,23-27H,11-18H2,1-10H3/t23-,24+,25+,26-,27+,29+,30-,31-,32-,33+/m1/s1. The van der Waals surface area contributed by atoms with Gasteiger partial charge >= 0.3 is 5.97 Å². The molecule has 0 unspecified atom stereocenters. The van der Waals surface area contributed by atoms with E-state index in [2.05, 4.69) is 74.5 Å². The summed E-state index contributed by atoms with van der Waals surface area (Å²) in [5, 5.41) is 0. The van der Waals surface area contributed by atoms with E-state index in [1.807, 2.05) is 0 Å². The van der Waals surface area contributed by atoms with Crippen molar-refractivity contribution in [1.82, 2.24) is 0 Å². The average molecular weight is 499 g/mol. The van der Waals surface area contributed by atoms with Crippen LogP contribution in [0.4, 0.5) is 0 Å². The molecule has 0 bridgehead atoms. The number of ether oxygens (including phenoxy) is 2. The summed E-state index contributed by atoms with van der Waals surface area (Å²) < 4.78 is 12.9. The third kappa shape index (κ3) is 3.42. The van der Waals surface area contributed by atoms with Crippen molar-refractivity contribution in [3.63, 3.8) is 0 Å². The van der Waals surface area contributed by atoms with Gasteiger partial charge in [-0.25, -0.2) is 0 Å². The molecule has 0 aromatic heterocycles. The molecule has 0 amide bonds. The summed E-state index contributed by atoms with van der Waals surface area (Å²) in [5.41, 5.74) is 0.793. The lowest BCUT2D eigenvalue weighted by Crippen LogP contribution is -2.64. The highest BCUT2D eigenvalue weighted by Crippen LogP contribution is 2.76. The molecule has 0 aromatic carbocycles. The zero-order valence-corrected chi connectivity index (χ0v) is 25.0. The highest BCUT2D eigenvalue weighted by Gasteiger charge is 2.70. The van der Waals surface area contributed by atoms with Gasteiger partial charge in [0.1, 0.15) is 6.10 Å². The predicted molar refractivity (Wildman–Crippen MR) is 146 cm³/mol. The van der Waals surface area contributed by atoms with Crippen molar-refractivity contribution >= 4 is 5.97 Å². The molecular formula is C33H54O3. The van der Waals surface area contributed by atoms with Crippen LogP contribution in [-0.2, 0) is 14.3 Å². The zero-order chi connectivity index (χ0) is 26.5. The molecule has 0 N–H and O–H groups in total. The van der Waals surface area contributed by atoms with Gasteiger partial charge in [-0.05, 0) is 111 Å². The summed E-state index contributed by atoms with van der Waals surface area (Å²) >= 11 is 0. The van der Waals surface area contributed by atoms with E-state index in [1.54, 1.807) is 6.92 Å². The second kappa shape index (κ2) is 8.09. The fourth-order valence-corrected chi connectivity index (χ4v) is 11.2.